The molecule has 1 aromatic carbocycles. The second-order valence-electron chi connectivity index (χ2n) is 5.53. The van der Waals surface area contributed by atoms with Gasteiger partial charge in [-0.15, -0.1) is 0 Å². The smallest absolute Gasteiger partial charge is 0.166 e. The van der Waals surface area contributed by atoms with Gasteiger partial charge in [-0.1, -0.05) is 31.2 Å². The molecule has 2 heterocycles. The normalized spacial score (nSPS) is 19.6. The lowest BCUT2D eigenvalue weighted by molar-refractivity contribution is 0.394. The fourth-order valence-electron chi connectivity index (χ4n) is 2.79. The second-order valence-corrected chi connectivity index (χ2v) is 6.61. The molecule has 3 rings (SSSR count). The molecule has 108 valence electrons. The van der Waals surface area contributed by atoms with Gasteiger partial charge in [0.2, 0.25) is 0 Å². The molecule has 1 aliphatic heterocycles. The second kappa shape index (κ2) is 6.64. The fraction of sp³-hybridized carbons (Fsp3) is 0.562. The van der Waals surface area contributed by atoms with Crippen molar-refractivity contribution in [1.82, 2.24) is 15.3 Å². The SMILES string of the molecule is CCc1ccc2nc(SCCC3CCCCN3)[nH]c2c1. The molecule has 1 saturated heterocycles. The van der Waals surface area contributed by atoms with Gasteiger partial charge >= 0.3 is 0 Å². The molecule has 0 aliphatic carbocycles. The Kier molecular flexibility index (Phi) is 4.63. The Labute approximate surface area is 124 Å². The van der Waals surface area contributed by atoms with E-state index < -0.39 is 0 Å². The molecular formula is C16H23N3S. The van der Waals surface area contributed by atoms with Crippen molar-refractivity contribution in [2.75, 3.05) is 12.3 Å². The number of aromatic amines is 1. The van der Waals surface area contributed by atoms with Gasteiger partial charge in [-0.05, 0) is 49.9 Å². The minimum Gasteiger partial charge on any atom is -0.333 e. The van der Waals surface area contributed by atoms with Gasteiger partial charge in [-0.3, -0.25) is 0 Å². The van der Waals surface area contributed by atoms with E-state index in [4.69, 9.17) is 0 Å². The predicted octanol–water partition coefficient (Wildman–Crippen LogP) is 3.75. The van der Waals surface area contributed by atoms with Crippen molar-refractivity contribution >= 4 is 22.8 Å². The Balaban J connectivity index is 1.57. The topological polar surface area (TPSA) is 40.7 Å². The van der Waals surface area contributed by atoms with Crippen LogP contribution in [0.5, 0.6) is 0 Å². The molecule has 1 atom stereocenters. The number of hydrogen-bond donors (Lipinski definition) is 2. The lowest BCUT2D eigenvalue weighted by Gasteiger charge is -2.22. The number of nitrogens with zero attached hydrogens (tertiary/aromatic N) is 1. The summed E-state index contributed by atoms with van der Waals surface area (Å²) in [5.41, 5.74) is 3.62. The number of imidazole rings is 1. The number of H-pyrrole nitrogens is 1. The third-order valence-electron chi connectivity index (χ3n) is 4.05. The Bertz CT molecular complexity index is 558. The van der Waals surface area contributed by atoms with E-state index in [1.807, 2.05) is 11.8 Å². The van der Waals surface area contributed by atoms with Crippen LogP contribution in [0.15, 0.2) is 23.4 Å². The Morgan fingerprint density at radius 2 is 2.30 bits per heavy atom. The molecule has 1 aliphatic rings. The quantitative estimate of drug-likeness (QED) is 0.824. The molecule has 20 heavy (non-hydrogen) atoms. The average Bonchev–Trinajstić information content (AvgIpc) is 2.90. The Hall–Kier alpha value is -1.00. The number of aromatic nitrogens is 2. The van der Waals surface area contributed by atoms with E-state index in [1.54, 1.807) is 0 Å². The van der Waals surface area contributed by atoms with Crippen molar-refractivity contribution in [3.63, 3.8) is 0 Å². The van der Waals surface area contributed by atoms with E-state index in [2.05, 4.69) is 40.4 Å². The molecule has 3 nitrogen and oxygen atoms in total. The third kappa shape index (κ3) is 3.36. The summed E-state index contributed by atoms with van der Waals surface area (Å²) in [7, 11) is 0. The van der Waals surface area contributed by atoms with Gasteiger partial charge in [0.25, 0.3) is 0 Å². The number of benzene rings is 1. The first-order chi connectivity index (χ1) is 9.85. The summed E-state index contributed by atoms with van der Waals surface area (Å²) in [6, 6.07) is 7.23. The molecule has 1 aromatic heterocycles. The summed E-state index contributed by atoms with van der Waals surface area (Å²) in [6.07, 6.45) is 6.37. The highest BCUT2D eigenvalue weighted by Crippen LogP contribution is 2.22. The molecule has 0 bridgehead atoms. The Morgan fingerprint density at radius 3 is 3.10 bits per heavy atom. The monoisotopic (exact) mass is 289 g/mol. The minimum atomic E-state index is 0.715. The molecule has 1 unspecified atom stereocenters. The third-order valence-corrected chi connectivity index (χ3v) is 4.96. The van der Waals surface area contributed by atoms with Gasteiger partial charge in [0.15, 0.2) is 5.16 Å². The number of rotatable bonds is 5. The van der Waals surface area contributed by atoms with Crippen LogP contribution in [0.1, 0.15) is 38.2 Å². The fourth-order valence-corrected chi connectivity index (χ4v) is 3.73. The number of piperidine rings is 1. The van der Waals surface area contributed by atoms with Crippen molar-refractivity contribution in [2.24, 2.45) is 0 Å². The number of nitrogens with one attached hydrogen (secondary N) is 2. The van der Waals surface area contributed by atoms with E-state index >= 15 is 0 Å². The highest BCUT2D eigenvalue weighted by atomic mass is 32.2. The van der Waals surface area contributed by atoms with Crippen LogP contribution in [-0.4, -0.2) is 28.3 Å². The lowest BCUT2D eigenvalue weighted by atomic mass is 10.0. The van der Waals surface area contributed by atoms with Gasteiger partial charge in [0.05, 0.1) is 11.0 Å². The molecule has 0 radical (unpaired) electrons. The number of thioether (sulfide) groups is 1. The maximum atomic E-state index is 4.66. The molecule has 2 N–H and O–H groups in total. The zero-order valence-electron chi connectivity index (χ0n) is 12.1. The van der Waals surface area contributed by atoms with Gasteiger partial charge in [0.1, 0.15) is 0 Å². The molecule has 1 fully saturated rings. The van der Waals surface area contributed by atoms with Crippen LogP contribution in [0.25, 0.3) is 11.0 Å². The van der Waals surface area contributed by atoms with Gasteiger partial charge in [-0.2, -0.15) is 0 Å². The van der Waals surface area contributed by atoms with Gasteiger partial charge in [-0.25, -0.2) is 4.98 Å². The summed E-state index contributed by atoms with van der Waals surface area (Å²) in [4.78, 5) is 8.10. The molecular weight excluding hydrogens is 266 g/mol. The van der Waals surface area contributed by atoms with Crippen molar-refractivity contribution in [2.45, 2.75) is 50.2 Å². The van der Waals surface area contributed by atoms with E-state index in [0.29, 0.717) is 6.04 Å². The lowest BCUT2D eigenvalue weighted by Crippen LogP contribution is -2.34. The van der Waals surface area contributed by atoms with Crippen molar-refractivity contribution in [3.8, 4) is 0 Å². The summed E-state index contributed by atoms with van der Waals surface area (Å²) < 4.78 is 0. The highest BCUT2D eigenvalue weighted by molar-refractivity contribution is 7.99. The molecule has 0 spiro atoms. The number of hydrogen-bond acceptors (Lipinski definition) is 3. The Morgan fingerprint density at radius 1 is 1.35 bits per heavy atom. The predicted molar refractivity (Wildman–Crippen MR) is 86.5 cm³/mol. The first-order valence-electron chi connectivity index (χ1n) is 7.70. The van der Waals surface area contributed by atoms with E-state index in [1.165, 1.54) is 43.3 Å². The van der Waals surface area contributed by atoms with Crippen molar-refractivity contribution in [1.29, 1.82) is 0 Å². The van der Waals surface area contributed by atoms with Crippen LogP contribution in [0.3, 0.4) is 0 Å². The largest absolute Gasteiger partial charge is 0.333 e. The first-order valence-corrected chi connectivity index (χ1v) is 8.68. The number of aryl methyl sites for hydroxylation is 1. The van der Waals surface area contributed by atoms with Crippen molar-refractivity contribution < 1.29 is 0 Å². The standard InChI is InChI=1S/C16H23N3S/c1-2-12-6-7-14-15(11-12)19-16(18-14)20-10-8-13-5-3-4-9-17-13/h6-7,11,13,17H,2-5,8-10H2,1H3,(H,18,19). The average molecular weight is 289 g/mol. The van der Waals surface area contributed by atoms with Crippen LogP contribution < -0.4 is 5.32 Å². The van der Waals surface area contributed by atoms with Gasteiger partial charge in [0, 0.05) is 11.8 Å². The van der Waals surface area contributed by atoms with E-state index in [9.17, 15) is 0 Å². The van der Waals surface area contributed by atoms with Crippen molar-refractivity contribution in [3.05, 3.63) is 23.8 Å². The van der Waals surface area contributed by atoms with Crippen LogP contribution in [0, 0.1) is 0 Å². The number of fused-ring (bicyclic) bond motifs is 1. The zero-order chi connectivity index (χ0) is 13.8. The summed E-state index contributed by atoms with van der Waals surface area (Å²) in [6.45, 7) is 3.38. The van der Waals surface area contributed by atoms with E-state index in [0.717, 1.165) is 22.8 Å². The first kappa shape index (κ1) is 14.0. The molecule has 4 heteroatoms. The molecule has 2 aromatic rings. The summed E-state index contributed by atoms with van der Waals surface area (Å²) in [5, 5.41) is 4.66. The van der Waals surface area contributed by atoms with Crippen LogP contribution in [-0.2, 0) is 6.42 Å². The maximum Gasteiger partial charge on any atom is 0.166 e. The minimum absolute atomic E-state index is 0.715. The summed E-state index contributed by atoms with van der Waals surface area (Å²) >= 11 is 1.85. The van der Waals surface area contributed by atoms with E-state index in [-0.39, 0.29) is 0 Å². The maximum absolute atomic E-state index is 4.66. The molecule has 0 saturated carbocycles. The highest BCUT2D eigenvalue weighted by Gasteiger charge is 2.12. The van der Waals surface area contributed by atoms with Crippen LogP contribution in [0.2, 0.25) is 0 Å². The zero-order valence-corrected chi connectivity index (χ0v) is 12.9. The van der Waals surface area contributed by atoms with Crippen LogP contribution >= 0.6 is 11.8 Å². The summed E-state index contributed by atoms with van der Waals surface area (Å²) in [5.74, 6) is 1.14. The molecule has 0 amide bonds. The van der Waals surface area contributed by atoms with Crippen LogP contribution in [0.4, 0.5) is 0 Å². The van der Waals surface area contributed by atoms with Gasteiger partial charge < -0.3 is 10.3 Å².